The minimum Gasteiger partial charge on any atom is -0.300 e. The van der Waals surface area contributed by atoms with E-state index in [2.05, 4.69) is 15.8 Å². The van der Waals surface area contributed by atoms with Crippen molar-refractivity contribution in [3.8, 4) is 5.69 Å². The van der Waals surface area contributed by atoms with Crippen LogP contribution in [-0.4, -0.2) is 26.3 Å². The number of carbonyl (C=O) groups excluding carboxylic acids is 2. The number of aromatic nitrogens is 2. The predicted molar refractivity (Wildman–Crippen MR) is 96.6 cm³/mol. The number of imidazole rings is 1. The molecule has 0 atom stereocenters. The topological polar surface area (TPSA) is 119 Å². The molecule has 2 N–H and O–H groups in total. The summed E-state index contributed by atoms with van der Waals surface area (Å²) < 4.78 is 1.46. The molecule has 0 radical (unpaired) electrons. The zero-order valence-corrected chi connectivity index (χ0v) is 14.4. The Hall–Kier alpha value is -3.72. The zero-order chi connectivity index (χ0) is 19.4. The van der Waals surface area contributed by atoms with Crippen LogP contribution in [-0.2, 0) is 0 Å². The molecule has 1 aromatic heterocycles. The molecule has 10 heteroatoms. The first-order chi connectivity index (χ1) is 13.0. The minimum absolute atomic E-state index is 0.00465. The van der Waals surface area contributed by atoms with Crippen LogP contribution in [0.4, 0.5) is 5.69 Å². The molecule has 2 amide bonds. The van der Waals surface area contributed by atoms with Gasteiger partial charge in [-0.2, -0.15) is 0 Å². The maximum Gasteiger partial charge on any atom is 0.294 e. The second kappa shape index (κ2) is 7.67. The molecule has 136 valence electrons. The summed E-state index contributed by atoms with van der Waals surface area (Å²) in [7, 11) is 0. The highest BCUT2D eigenvalue weighted by atomic mass is 35.5. The van der Waals surface area contributed by atoms with E-state index in [1.54, 1.807) is 18.3 Å². The lowest BCUT2D eigenvalue weighted by Gasteiger charge is -2.09. The van der Waals surface area contributed by atoms with Crippen molar-refractivity contribution in [1.29, 1.82) is 0 Å². The summed E-state index contributed by atoms with van der Waals surface area (Å²) in [5.41, 5.74) is 4.59. The Morgan fingerprint density at radius 3 is 2.52 bits per heavy atom. The fourth-order valence-electron chi connectivity index (χ4n) is 2.33. The first kappa shape index (κ1) is 18.1. The number of benzene rings is 2. The van der Waals surface area contributed by atoms with E-state index in [0.717, 1.165) is 6.07 Å². The highest BCUT2D eigenvalue weighted by Gasteiger charge is 2.19. The van der Waals surface area contributed by atoms with Gasteiger partial charge < -0.3 is 4.57 Å². The van der Waals surface area contributed by atoms with Crippen LogP contribution in [0.1, 0.15) is 20.7 Å². The smallest absolute Gasteiger partial charge is 0.294 e. The molecule has 3 aromatic rings. The van der Waals surface area contributed by atoms with Crippen LogP contribution in [0.5, 0.6) is 0 Å². The van der Waals surface area contributed by atoms with Crippen molar-refractivity contribution >= 4 is 29.1 Å². The van der Waals surface area contributed by atoms with E-state index in [9.17, 15) is 19.7 Å². The second-order valence-corrected chi connectivity index (χ2v) is 5.73. The number of hydrogen-bond acceptors (Lipinski definition) is 5. The molecule has 0 aliphatic carbocycles. The van der Waals surface area contributed by atoms with Crippen molar-refractivity contribution in [2.45, 2.75) is 0 Å². The van der Waals surface area contributed by atoms with Crippen LogP contribution in [0.2, 0.25) is 5.02 Å². The molecule has 27 heavy (non-hydrogen) atoms. The number of halogens is 1. The monoisotopic (exact) mass is 385 g/mol. The van der Waals surface area contributed by atoms with Crippen molar-refractivity contribution in [2.24, 2.45) is 0 Å². The van der Waals surface area contributed by atoms with E-state index >= 15 is 0 Å². The van der Waals surface area contributed by atoms with E-state index in [-0.39, 0.29) is 27.5 Å². The van der Waals surface area contributed by atoms with Crippen LogP contribution >= 0.6 is 11.6 Å². The van der Waals surface area contributed by atoms with Gasteiger partial charge in [-0.05, 0) is 24.3 Å². The summed E-state index contributed by atoms with van der Waals surface area (Å²) in [4.78, 5) is 38.9. The first-order valence-corrected chi connectivity index (χ1v) is 7.97. The molecule has 0 saturated carbocycles. The maximum atomic E-state index is 12.2. The van der Waals surface area contributed by atoms with E-state index in [1.807, 2.05) is 0 Å². The quantitative estimate of drug-likeness (QED) is 0.528. The summed E-state index contributed by atoms with van der Waals surface area (Å²) in [6.45, 7) is 0. The number of nitro benzene ring substituents is 1. The number of amides is 2. The second-order valence-electron chi connectivity index (χ2n) is 5.32. The Balaban J connectivity index is 1.77. The van der Waals surface area contributed by atoms with Gasteiger partial charge in [0.15, 0.2) is 0 Å². The lowest BCUT2D eigenvalue weighted by Crippen LogP contribution is -2.41. The lowest BCUT2D eigenvalue weighted by molar-refractivity contribution is -0.384. The van der Waals surface area contributed by atoms with Gasteiger partial charge in [0.2, 0.25) is 0 Å². The van der Waals surface area contributed by atoms with Crippen molar-refractivity contribution < 1.29 is 14.5 Å². The van der Waals surface area contributed by atoms with Gasteiger partial charge in [0.05, 0.1) is 21.8 Å². The minimum atomic E-state index is -0.712. The van der Waals surface area contributed by atoms with Gasteiger partial charge in [0.1, 0.15) is 5.69 Å². The predicted octanol–water partition coefficient (Wildman–Crippen LogP) is 2.51. The van der Waals surface area contributed by atoms with Crippen molar-refractivity contribution in [2.75, 3.05) is 0 Å². The molecular weight excluding hydrogens is 374 g/mol. The normalized spacial score (nSPS) is 10.3. The van der Waals surface area contributed by atoms with Crippen LogP contribution in [0, 0.1) is 10.1 Å². The largest absolute Gasteiger partial charge is 0.300 e. The van der Waals surface area contributed by atoms with Gasteiger partial charge in [-0.1, -0.05) is 23.7 Å². The molecule has 0 spiro atoms. The third kappa shape index (κ3) is 3.93. The molecule has 0 fully saturated rings. The maximum absolute atomic E-state index is 12.2. The average Bonchev–Trinajstić information content (AvgIpc) is 3.20. The Labute approximate surface area is 157 Å². The third-order valence-corrected chi connectivity index (χ3v) is 3.95. The summed E-state index contributed by atoms with van der Waals surface area (Å²) in [6, 6.07) is 10.3. The molecule has 0 aliphatic rings. The molecule has 0 unspecified atom stereocenters. The molecule has 2 aromatic carbocycles. The van der Waals surface area contributed by atoms with Crippen LogP contribution in [0.25, 0.3) is 5.69 Å². The standard InChI is InChI=1S/C17H12ClN5O4/c18-13-4-2-1-3-12(13)17(25)21-20-16(24)11-5-6-14(15(9-11)23(26)27)22-8-7-19-10-22/h1-10H,(H,20,24)(H,21,25). The summed E-state index contributed by atoms with van der Waals surface area (Å²) >= 11 is 5.92. The van der Waals surface area contributed by atoms with Gasteiger partial charge in [-0.25, -0.2) is 4.98 Å². The Bertz CT molecular complexity index is 1020. The first-order valence-electron chi connectivity index (χ1n) is 7.59. The molecule has 1 heterocycles. The highest BCUT2D eigenvalue weighted by molar-refractivity contribution is 6.33. The van der Waals surface area contributed by atoms with E-state index in [1.165, 1.54) is 41.4 Å². The highest BCUT2D eigenvalue weighted by Crippen LogP contribution is 2.24. The molecule has 0 aliphatic heterocycles. The SMILES string of the molecule is O=C(NNC(=O)c1ccccc1Cl)c1ccc(-n2ccnc2)c([N+](=O)[O-])c1. The van der Waals surface area contributed by atoms with E-state index in [4.69, 9.17) is 11.6 Å². The lowest BCUT2D eigenvalue weighted by atomic mass is 10.1. The molecule has 3 rings (SSSR count). The Morgan fingerprint density at radius 2 is 1.85 bits per heavy atom. The van der Waals surface area contributed by atoms with Gasteiger partial charge in [0, 0.05) is 24.0 Å². The molecule has 9 nitrogen and oxygen atoms in total. The van der Waals surface area contributed by atoms with Gasteiger partial charge in [0.25, 0.3) is 17.5 Å². The molecule has 0 bridgehead atoms. The number of rotatable bonds is 4. The van der Waals surface area contributed by atoms with Gasteiger partial charge in [-0.3, -0.25) is 30.6 Å². The molecular formula is C17H12ClN5O4. The van der Waals surface area contributed by atoms with Crippen molar-refractivity contribution in [1.82, 2.24) is 20.4 Å². The number of hydrogen-bond donors (Lipinski definition) is 2. The fraction of sp³-hybridized carbons (Fsp3) is 0. The van der Waals surface area contributed by atoms with Crippen LogP contribution in [0.3, 0.4) is 0 Å². The van der Waals surface area contributed by atoms with Crippen LogP contribution < -0.4 is 10.9 Å². The Kier molecular flexibility index (Phi) is 5.13. The summed E-state index contributed by atoms with van der Waals surface area (Å²) in [5.74, 6) is -1.32. The number of nitrogens with one attached hydrogen (secondary N) is 2. The zero-order valence-electron chi connectivity index (χ0n) is 13.6. The number of carbonyl (C=O) groups is 2. The van der Waals surface area contributed by atoms with Gasteiger partial charge >= 0.3 is 0 Å². The fourth-order valence-corrected chi connectivity index (χ4v) is 2.55. The summed E-state index contributed by atoms with van der Waals surface area (Å²) in [5, 5.41) is 11.6. The van der Waals surface area contributed by atoms with Crippen LogP contribution in [0.15, 0.2) is 61.2 Å². The summed E-state index contributed by atoms with van der Waals surface area (Å²) in [6.07, 6.45) is 4.44. The average molecular weight is 386 g/mol. The number of hydrazine groups is 1. The molecule has 0 saturated heterocycles. The number of nitrogens with zero attached hydrogens (tertiary/aromatic N) is 3. The van der Waals surface area contributed by atoms with E-state index < -0.39 is 16.7 Å². The third-order valence-electron chi connectivity index (χ3n) is 3.62. The van der Waals surface area contributed by atoms with Crippen molar-refractivity contribution in [3.05, 3.63) is 87.4 Å². The Morgan fingerprint density at radius 1 is 1.11 bits per heavy atom. The van der Waals surface area contributed by atoms with Crippen molar-refractivity contribution in [3.63, 3.8) is 0 Å². The number of nitro groups is 1. The van der Waals surface area contributed by atoms with E-state index in [0.29, 0.717) is 0 Å². The van der Waals surface area contributed by atoms with Gasteiger partial charge in [-0.15, -0.1) is 0 Å².